The predicted molar refractivity (Wildman–Crippen MR) is 63.8 cm³/mol. The number of nitriles is 1. The molecule has 19 heavy (non-hydrogen) atoms. The van der Waals surface area contributed by atoms with E-state index in [1.165, 1.54) is 30.5 Å². The molecule has 2 N–H and O–H groups in total. The van der Waals surface area contributed by atoms with Gasteiger partial charge in [-0.15, -0.1) is 0 Å². The number of benzene rings is 1. The third kappa shape index (κ3) is 2.36. The number of hydrogen-bond donors (Lipinski definition) is 1. The molecule has 1 heterocycles. The molecule has 1 aromatic carbocycles. The lowest BCUT2D eigenvalue weighted by atomic mass is 9.96. The van der Waals surface area contributed by atoms with Gasteiger partial charge in [-0.2, -0.15) is 18.4 Å². The summed E-state index contributed by atoms with van der Waals surface area (Å²) < 4.78 is 38.9. The van der Waals surface area contributed by atoms with Crippen LogP contribution in [0.5, 0.6) is 0 Å². The first-order valence-electron chi connectivity index (χ1n) is 5.26. The summed E-state index contributed by atoms with van der Waals surface area (Å²) in [5, 5.41) is 8.98. The van der Waals surface area contributed by atoms with Gasteiger partial charge >= 0.3 is 6.18 Å². The lowest BCUT2D eigenvalue weighted by Crippen LogP contribution is -2.08. The van der Waals surface area contributed by atoms with Crippen LogP contribution < -0.4 is 5.73 Å². The van der Waals surface area contributed by atoms with E-state index in [2.05, 4.69) is 4.98 Å². The van der Waals surface area contributed by atoms with Gasteiger partial charge in [0.05, 0.1) is 17.2 Å². The van der Waals surface area contributed by atoms with E-state index >= 15 is 0 Å². The van der Waals surface area contributed by atoms with E-state index in [4.69, 9.17) is 11.0 Å². The number of halogens is 3. The van der Waals surface area contributed by atoms with Crippen molar-refractivity contribution in [2.24, 2.45) is 0 Å². The number of anilines is 1. The first-order valence-corrected chi connectivity index (χ1v) is 5.26. The molecule has 0 fully saturated rings. The summed E-state index contributed by atoms with van der Waals surface area (Å²) in [7, 11) is 0. The maximum Gasteiger partial charge on any atom is 0.417 e. The fourth-order valence-electron chi connectivity index (χ4n) is 1.80. The van der Waals surface area contributed by atoms with E-state index < -0.39 is 11.7 Å². The van der Waals surface area contributed by atoms with E-state index in [9.17, 15) is 13.2 Å². The molecule has 0 aliphatic heterocycles. The summed E-state index contributed by atoms with van der Waals surface area (Å²) in [6, 6.07) is 8.12. The minimum absolute atomic E-state index is 0.0120. The van der Waals surface area contributed by atoms with Gasteiger partial charge in [0.15, 0.2) is 0 Å². The average molecular weight is 263 g/mol. The average Bonchev–Trinajstić information content (AvgIpc) is 2.37. The third-order valence-corrected chi connectivity index (χ3v) is 2.60. The molecule has 0 spiro atoms. The lowest BCUT2D eigenvalue weighted by Gasteiger charge is -2.14. The number of alkyl halides is 3. The van der Waals surface area contributed by atoms with Crippen LogP contribution in [0.4, 0.5) is 19.0 Å². The fraction of sp³-hybridized carbons (Fsp3) is 0.0769. The number of pyridine rings is 1. The molecular weight excluding hydrogens is 255 g/mol. The van der Waals surface area contributed by atoms with Crippen LogP contribution in [-0.2, 0) is 6.18 Å². The Morgan fingerprint density at radius 1 is 1.16 bits per heavy atom. The molecule has 3 nitrogen and oxygen atoms in total. The number of nitrogen functional groups attached to an aromatic ring is 1. The maximum atomic E-state index is 13.0. The minimum atomic E-state index is -4.52. The Bertz CT molecular complexity index is 657. The highest BCUT2D eigenvalue weighted by atomic mass is 19.4. The van der Waals surface area contributed by atoms with Crippen LogP contribution in [-0.4, -0.2) is 4.98 Å². The topological polar surface area (TPSA) is 62.7 Å². The molecule has 0 unspecified atom stereocenters. The molecule has 0 radical (unpaired) electrons. The minimum Gasteiger partial charge on any atom is -0.383 e. The largest absolute Gasteiger partial charge is 0.417 e. The van der Waals surface area contributed by atoms with Gasteiger partial charge in [-0.25, -0.2) is 4.98 Å². The van der Waals surface area contributed by atoms with Gasteiger partial charge in [0.2, 0.25) is 0 Å². The highest BCUT2D eigenvalue weighted by Crippen LogP contribution is 2.39. The zero-order valence-electron chi connectivity index (χ0n) is 9.57. The summed E-state index contributed by atoms with van der Waals surface area (Å²) in [4.78, 5) is 3.75. The van der Waals surface area contributed by atoms with Crippen molar-refractivity contribution in [3.8, 4) is 17.2 Å². The van der Waals surface area contributed by atoms with Gasteiger partial charge in [-0.05, 0) is 17.7 Å². The number of aromatic nitrogens is 1. The molecule has 0 aliphatic rings. The Labute approximate surface area is 107 Å². The molecule has 0 saturated heterocycles. The van der Waals surface area contributed by atoms with Crippen LogP contribution in [0.3, 0.4) is 0 Å². The normalized spacial score (nSPS) is 11.1. The van der Waals surface area contributed by atoms with Gasteiger partial charge in [0.25, 0.3) is 0 Å². The highest BCUT2D eigenvalue weighted by molar-refractivity contribution is 5.81. The van der Waals surface area contributed by atoms with Gasteiger partial charge in [0.1, 0.15) is 5.82 Å². The number of rotatable bonds is 1. The van der Waals surface area contributed by atoms with E-state index in [1.807, 2.05) is 6.07 Å². The molecule has 2 aromatic rings. The molecule has 0 bridgehead atoms. The van der Waals surface area contributed by atoms with Crippen molar-refractivity contribution >= 4 is 5.82 Å². The zero-order valence-corrected chi connectivity index (χ0v) is 9.57. The summed E-state index contributed by atoms with van der Waals surface area (Å²) in [6.07, 6.45) is -3.24. The first-order chi connectivity index (χ1) is 8.95. The molecule has 0 aliphatic carbocycles. The van der Waals surface area contributed by atoms with Gasteiger partial charge < -0.3 is 5.73 Å². The molecule has 1 aromatic heterocycles. The zero-order chi connectivity index (χ0) is 14.0. The Hall–Kier alpha value is -2.55. The van der Waals surface area contributed by atoms with Crippen molar-refractivity contribution in [1.82, 2.24) is 4.98 Å². The SMILES string of the molecule is N#Cc1ccnc(N)c1-c1ccccc1C(F)(F)F. The van der Waals surface area contributed by atoms with Gasteiger partial charge in [-0.3, -0.25) is 0 Å². The quantitative estimate of drug-likeness (QED) is 0.859. The maximum absolute atomic E-state index is 13.0. The predicted octanol–water partition coefficient (Wildman–Crippen LogP) is 3.22. The molecule has 0 saturated carbocycles. The van der Waals surface area contributed by atoms with Crippen molar-refractivity contribution in [2.45, 2.75) is 6.18 Å². The Morgan fingerprint density at radius 2 is 1.84 bits per heavy atom. The number of nitrogens with zero attached hydrogens (tertiary/aromatic N) is 2. The molecule has 0 amide bonds. The second kappa shape index (κ2) is 4.61. The van der Waals surface area contributed by atoms with Gasteiger partial charge in [-0.1, -0.05) is 18.2 Å². The standard InChI is InChI=1S/C13H8F3N3/c14-13(15,16)10-4-2-1-3-9(10)11-8(7-17)5-6-19-12(11)18/h1-6H,(H2,18,19). The van der Waals surface area contributed by atoms with E-state index in [-0.39, 0.29) is 22.5 Å². The molecule has 96 valence electrons. The Balaban J connectivity index is 2.78. The fourth-order valence-corrected chi connectivity index (χ4v) is 1.80. The van der Waals surface area contributed by atoms with Crippen LogP contribution >= 0.6 is 0 Å². The highest BCUT2D eigenvalue weighted by Gasteiger charge is 2.34. The van der Waals surface area contributed by atoms with Crippen molar-refractivity contribution in [3.63, 3.8) is 0 Å². The lowest BCUT2D eigenvalue weighted by molar-refractivity contribution is -0.137. The van der Waals surface area contributed by atoms with E-state index in [1.54, 1.807) is 0 Å². The van der Waals surface area contributed by atoms with Crippen molar-refractivity contribution in [2.75, 3.05) is 5.73 Å². The van der Waals surface area contributed by atoms with Crippen LogP contribution in [0.2, 0.25) is 0 Å². The van der Waals surface area contributed by atoms with Gasteiger partial charge in [0, 0.05) is 11.8 Å². The van der Waals surface area contributed by atoms with E-state index in [0.29, 0.717) is 0 Å². The number of hydrogen-bond acceptors (Lipinski definition) is 3. The van der Waals surface area contributed by atoms with Crippen LogP contribution in [0, 0.1) is 11.3 Å². The third-order valence-electron chi connectivity index (χ3n) is 2.60. The summed E-state index contributed by atoms with van der Waals surface area (Å²) in [5.41, 5.74) is 4.70. The van der Waals surface area contributed by atoms with Crippen LogP contribution in [0.15, 0.2) is 36.5 Å². The van der Waals surface area contributed by atoms with Crippen molar-refractivity contribution in [1.29, 1.82) is 5.26 Å². The summed E-state index contributed by atoms with van der Waals surface area (Å²) >= 11 is 0. The summed E-state index contributed by atoms with van der Waals surface area (Å²) in [5.74, 6) is -0.101. The molecule has 0 atom stereocenters. The van der Waals surface area contributed by atoms with Crippen molar-refractivity contribution in [3.05, 3.63) is 47.7 Å². The molecule has 6 heteroatoms. The summed E-state index contributed by atoms with van der Waals surface area (Å²) in [6.45, 7) is 0. The Kier molecular flexibility index (Phi) is 3.13. The Morgan fingerprint density at radius 3 is 2.47 bits per heavy atom. The smallest absolute Gasteiger partial charge is 0.383 e. The molecular formula is C13H8F3N3. The second-order valence-electron chi connectivity index (χ2n) is 3.77. The monoisotopic (exact) mass is 263 g/mol. The molecule has 2 rings (SSSR count). The first kappa shape index (κ1) is 12.9. The van der Waals surface area contributed by atoms with Crippen LogP contribution in [0.1, 0.15) is 11.1 Å². The van der Waals surface area contributed by atoms with Crippen LogP contribution in [0.25, 0.3) is 11.1 Å². The van der Waals surface area contributed by atoms with Crippen molar-refractivity contribution < 1.29 is 13.2 Å². The second-order valence-corrected chi connectivity index (χ2v) is 3.77. The number of nitrogens with two attached hydrogens (primary N) is 1. The van der Waals surface area contributed by atoms with E-state index in [0.717, 1.165) is 6.07 Å².